The first-order valence-corrected chi connectivity index (χ1v) is 11.5. The fraction of sp³-hybridized carbons (Fsp3) is 0.259. The maximum absolute atomic E-state index is 12.3. The van der Waals surface area contributed by atoms with Crippen molar-refractivity contribution in [2.45, 2.75) is 32.3 Å². The van der Waals surface area contributed by atoms with Crippen LogP contribution in [0.3, 0.4) is 0 Å². The fourth-order valence-electron chi connectivity index (χ4n) is 3.78. The Balaban J connectivity index is 1.29. The molecule has 1 aliphatic rings. The zero-order chi connectivity index (χ0) is 24.4. The second-order valence-electron chi connectivity index (χ2n) is 9.47. The van der Waals surface area contributed by atoms with Crippen LogP contribution in [0.2, 0.25) is 0 Å². The minimum atomic E-state index is -0.507. The van der Waals surface area contributed by atoms with Crippen molar-refractivity contribution in [3.63, 3.8) is 0 Å². The van der Waals surface area contributed by atoms with Gasteiger partial charge in [0, 0.05) is 30.4 Å². The molecule has 2 aromatic carbocycles. The predicted octanol–water partition coefficient (Wildman–Crippen LogP) is 5.90. The number of fused-ring (bicyclic) bond motifs is 1. The molecule has 1 aliphatic heterocycles. The number of hydrogen-bond acceptors (Lipinski definition) is 7. The summed E-state index contributed by atoms with van der Waals surface area (Å²) in [4.78, 5) is 27.6. The van der Waals surface area contributed by atoms with E-state index in [4.69, 9.17) is 14.5 Å². The number of nitrogens with one attached hydrogen (secondary N) is 1. The SMILES string of the molecule is CC(C)(C)OC(=O)N1CC(c2ccc3ncnc(Nc4ccc(Oc5ccccc5)cc4)c3n2)C1. The molecule has 8 nitrogen and oxygen atoms in total. The van der Waals surface area contributed by atoms with Gasteiger partial charge in [0.05, 0.1) is 5.52 Å². The predicted molar refractivity (Wildman–Crippen MR) is 134 cm³/mol. The standard InChI is InChI=1S/C27H27N5O3/c1-27(2,3)35-26(33)32-15-18(16-32)22-13-14-23-24(31-22)25(29-17-28-23)30-19-9-11-21(12-10-19)34-20-7-5-4-6-8-20/h4-14,17-18H,15-16H2,1-3H3,(H,28,29,30). The third-order valence-electron chi connectivity index (χ3n) is 5.55. The molecule has 2 aromatic heterocycles. The number of carbonyl (C=O) groups is 1. The van der Waals surface area contributed by atoms with Gasteiger partial charge in [-0.25, -0.2) is 19.7 Å². The third kappa shape index (κ3) is 5.32. The van der Waals surface area contributed by atoms with Gasteiger partial charge in [0.25, 0.3) is 0 Å². The molecule has 178 valence electrons. The van der Waals surface area contributed by atoms with E-state index in [-0.39, 0.29) is 12.0 Å². The Hall–Kier alpha value is -4.20. The van der Waals surface area contributed by atoms with E-state index in [9.17, 15) is 4.79 Å². The Bertz CT molecular complexity index is 1330. The van der Waals surface area contributed by atoms with Gasteiger partial charge in [-0.3, -0.25) is 0 Å². The molecule has 3 heterocycles. The molecule has 0 bridgehead atoms. The van der Waals surface area contributed by atoms with Crippen LogP contribution in [0.1, 0.15) is 32.4 Å². The van der Waals surface area contributed by atoms with E-state index in [1.807, 2.05) is 87.5 Å². The summed E-state index contributed by atoms with van der Waals surface area (Å²) in [7, 11) is 0. The molecular formula is C27H27N5O3. The monoisotopic (exact) mass is 469 g/mol. The molecule has 5 rings (SSSR count). The highest BCUT2D eigenvalue weighted by Gasteiger charge is 2.35. The van der Waals surface area contributed by atoms with Gasteiger partial charge in [0.2, 0.25) is 0 Å². The normalized spacial score (nSPS) is 13.9. The number of para-hydroxylation sites is 1. The second kappa shape index (κ2) is 9.21. The molecule has 1 saturated heterocycles. The van der Waals surface area contributed by atoms with Crippen LogP contribution in [0, 0.1) is 0 Å². The number of hydrogen-bond donors (Lipinski definition) is 1. The second-order valence-corrected chi connectivity index (χ2v) is 9.47. The Morgan fingerprint density at radius 2 is 1.66 bits per heavy atom. The minimum absolute atomic E-state index is 0.148. The van der Waals surface area contributed by atoms with Crippen LogP contribution in [0.25, 0.3) is 11.0 Å². The highest BCUT2D eigenvalue weighted by Crippen LogP contribution is 2.30. The van der Waals surface area contributed by atoms with Crippen molar-refractivity contribution >= 4 is 28.6 Å². The summed E-state index contributed by atoms with van der Waals surface area (Å²) in [5.41, 5.74) is 2.69. The first-order valence-electron chi connectivity index (χ1n) is 11.5. The molecular weight excluding hydrogens is 442 g/mol. The maximum Gasteiger partial charge on any atom is 0.410 e. The van der Waals surface area contributed by atoms with Gasteiger partial charge in [-0.1, -0.05) is 18.2 Å². The number of amides is 1. The largest absolute Gasteiger partial charge is 0.457 e. The average Bonchev–Trinajstić information content (AvgIpc) is 2.79. The number of nitrogens with zero attached hydrogens (tertiary/aromatic N) is 4. The smallest absolute Gasteiger partial charge is 0.410 e. The van der Waals surface area contributed by atoms with Gasteiger partial charge < -0.3 is 19.7 Å². The molecule has 1 amide bonds. The van der Waals surface area contributed by atoms with Gasteiger partial charge in [0.1, 0.15) is 28.9 Å². The van der Waals surface area contributed by atoms with E-state index in [0.29, 0.717) is 24.4 Å². The maximum atomic E-state index is 12.3. The lowest BCUT2D eigenvalue weighted by Gasteiger charge is -2.39. The van der Waals surface area contributed by atoms with Crippen molar-refractivity contribution in [1.29, 1.82) is 0 Å². The van der Waals surface area contributed by atoms with Gasteiger partial charge in [-0.15, -0.1) is 0 Å². The van der Waals surface area contributed by atoms with Crippen molar-refractivity contribution in [1.82, 2.24) is 19.9 Å². The van der Waals surface area contributed by atoms with Crippen LogP contribution in [0.5, 0.6) is 11.5 Å². The lowest BCUT2D eigenvalue weighted by molar-refractivity contribution is 0.00790. The van der Waals surface area contributed by atoms with E-state index in [2.05, 4.69) is 15.3 Å². The molecule has 4 aromatic rings. The van der Waals surface area contributed by atoms with Crippen molar-refractivity contribution < 1.29 is 14.3 Å². The van der Waals surface area contributed by atoms with E-state index in [1.54, 1.807) is 4.90 Å². The first kappa shape index (κ1) is 22.6. The van der Waals surface area contributed by atoms with E-state index in [0.717, 1.165) is 28.4 Å². The van der Waals surface area contributed by atoms with Gasteiger partial charge in [-0.2, -0.15) is 0 Å². The Morgan fingerprint density at radius 1 is 0.943 bits per heavy atom. The lowest BCUT2D eigenvalue weighted by atomic mass is 9.96. The van der Waals surface area contributed by atoms with Crippen LogP contribution in [0.4, 0.5) is 16.3 Å². The van der Waals surface area contributed by atoms with Crippen molar-refractivity contribution in [2.24, 2.45) is 0 Å². The number of benzene rings is 2. The molecule has 35 heavy (non-hydrogen) atoms. The van der Waals surface area contributed by atoms with Crippen LogP contribution in [-0.2, 0) is 4.74 Å². The van der Waals surface area contributed by atoms with E-state index >= 15 is 0 Å². The molecule has 0 spiro atoms. The number of pyridine rings is 1. The summed E-state index contributed by atoms with van der Waals surface area (Å²) in [6, 6.07) is 21.2. The average molecular weight is 470 g/mol. The molecule has 1 N–H and O–H groups in total. The fourth-order valence-corrected chi connectivity index (χ4v) is 3.78. The number of anilines is 2. The lowest BCUT2D eigenvalue weighted by Crippen LogP contribution is -2.50. The van der Waals surface area contributed by atoms with Gasteiger partial charge in [0.15, 0.2) is 5.82 Å². The number of likely N-dealkylation sites (tertiary alicyclic amines) is 1. The molecule has 0 atom stereocenters. The summed E-state index contributed by atoms with van der Waals surface area (Å²) >= 11 is 0. The van der Waals surface area contributed by atoms with Gasteiger partial charge in [-0.05, 0) is 69.3 Å². The minimum Gasteiger partial charge on any atom is -0.457 e. The third-order valence-corrected chi connectivity index (χ3v) is 5.55. The van der Waals surface area contributed by atoms with Gasteiger partial charge >= 0.3 is 6.09 Å². The molecule has 1 fully saturated rings. The highest BCUT2D eigenvalue weighted by molar-refractivity contribution is 5.87. The molecule has 0 radical (unpaired) electrons. The highest BCUT2D eigenvalue weighted by atomic mass is 16.6. The Morgan fingerprint density at radius 3 is 2.37 bits per heavy atom. The van der Waals surface area contributed by atoms with Crippen LogP contribution < -0.4 is 10.1 Å². The molecule has 8 heteroatoms. The topological polar surface area (TPSA) is 89.5 Å². The summed E-state index contributed by atoms with van der Waals surface area (Å²) in [5, 5.41) is 3.34. The number of rotatable bonds is 5. The van der Waals surface area contributed by atoms with Crippen LogP contribution in [-0.4, -0.2) is 44.6 Å². The van der Waals surface area contributed by atoms with E-state index < -0.39 is 5.60 Å². The molecule has 0 unspecified atom stereocenters. The summed E-state index contributed by atoms with van der Waals surface area (Å²) < 4.78 is 11.3. The number of carbonyl (C=O) groups excluding carboxylic acids is 1. The van der Waals surface area contributed by atoms with Crippen LogP contribution >= 0.6 is 0 Å². The molecule has 0 saturated carbocycles. The quantitative estimate of drug-likeness (QED) is 0.389. The summed E-state index contributed by atoms with van der Waals surface area (Å²) in [5.74, 6) is 2.30. The Kier molecular flexibility index (Phi) is 5.94. The van der Waals surface area contributed by atoms with Crippen LogP contribution in [0.15, 0.2) is 73.1 Å². The zero-order valence-electron chi connectivity index (χ0n) is 19.9. The van der Waals surface area contributed by atoms with Crippen molar-refractivity contribution in [2.75, 3.05) is 18.4 Å². The van der Waals surface area contributed by atoms with Crippen molar-refractivity contribution in [3.8, 4) is 11.5 Å². The summed E-state index contributed by atoms with van der Waals surface area (Å²) in [6.07, 6.45) is 1.23. The number of aromatic nitrogens is 3. The zero-order valence-corrected chi connectivity index (χ0v) is 19.9. The van der Waals surface area contributed by atoms with Crippen molar-refractivity contribution in [3.05, 3.63) is 78.8 Å². The Labute approximate surface area is 203 Å². The summed E-state index contributed by atoms with van der Waals surface area (Å²) in [6.45, 7) is 6.75. The number of ether oxygens (including phenoxy) is 2. The first-order chi connectivity index (χ1) is 16.8. The van der Waals surface area contributed by atoms with E-state index in [1.165, 1.54) is 6.33 Å². The molecule has 0 aliphatic carbocycles.